The third-order valence-electron chi connectivity index (χ3n) is 4.97. The predicted octanol–water partition coefficient (Wildman–Crippen LogP) is 4.66. The van der Waals surface area contributed by atoms with Gasteiger partial charge >= 0.3 is 0 Å². The number of hydrogen-bond donors (Lipinski definition) is 1. The summed E-state index contributed by atoms with van der Waals surface area (Å²) in [5, 5.41) is 4.03. The van der Waals surface area contributed by atoms with Crippen molar-refractivity contribution in [2.24, 2.45) is 0 Å². The quantitative estimate of drug-likeness (QED) is 0.747. The number of nitrogens with one attached hydrogen (secondary N) is 1. The monoisotopic (exact) mass is 372 g/mol. The van der Waals surface area contributed by atoms with Crippen LogP contribution in [0.3, 0.4) is 0 Å². The molecule has 0 spiro atoms. The molecule has 1 aliphatic rings. The lowest BCUT2D eigenvalue weighted by atomic mass is 10.0. The number of nitrogens with zero attached hydrogens (tertiary/aromatic N) is 3. The van der Waals surface area contributed by atoms with E-state index in [2.05, 4.69) is 71.3 Å². The van der Waals surface area contributed by atoms with E-state index in [1.807, 2.05) is 12.1 Å². The Hall–Kier alpha value is -1.78. The first-order valence-electron chi connectivity index (χ1n) is 9.45. The lowest BCUT2D eigenvalue weighted by Crippen LogP contribution is -2.43. The van der Waals surface area contributed by atoms with E-state index in [0.717, 1.165) is 44.0 Å². The van der Waals surface area contributed by atoms with Gasteiger partial charge in [0.15, 0.2) is 5.82 Å². The first-order chi connectivity index (χ1) is 12.5. The molecule has 5 heteroatoms. The van der Waals surface area contributed by atoms with Crippen LogP contribution in [0.2, 0.25) is 5.15 Å². The van der Waals surface area contributed by atoms with Gasteiger partial charge in [0, 0.05) is 38.8 Å². The lowest BCUT2D eigenvalue weighted by Gasteiger charge is -2.38. The fraction of sp³-hybridized carbons (Fsp3) is 0.476. The van der Waals surface area contributed by atoms with Gasteiger partial charge in [0.2, 0.25) is 0 Å². The van der Waals surface area contributed by atoms with Gasteiger partial charge in [-0.3, -0.25) is 4.90 Å². The van der Waals surface area contributed by atoms with Crippen LogP contribution >= 0.6 is 11.6 Å². The van der Waals surface area contributed by atoms with Gasteiger partial charge in [-0.1, -0.05) is 41.9 Å². The average molecular weight is 373 g/mol. The van der Waals surface area contributed by atoms with Crippen molar-refractivity contribution in [2.45, 2.75) is 45.3 Å². The molecule has 1 aromatic carbocycles. The van der Waals surface area contributed by atoms with E-state index in [0.29, 0.717) is 17.2 Å². The maximum Gasteiger partial charge on any atom is 0.153 e. The van der Waals surface area contributed by atoms with Crippen LogP contribution in [-0.2, 0) is 6.54 Å². The van der Waals surface area contributed by atoms with Crippen LogP contribution in [0.1, 0.15) is 32.3 Å². The molecule has 1 fully saturated rings. The Kier molecular flexibility index (Phi) is 6.38. The number of pyridine rings is 1. The first-order valence-corrected chi connectivity index (χ1v) is 9.83. The Balaban J connectivity index is 1.63. The minimum Gasteiger partial charge on any atom is -0.380 e. The molecule has 0 bridgehead atoms. The first kappa shape index (κ1) is 19.0. The smallest absolute Gasteiger partial charge is 0.153 e. The van der Waals surface area contributed by atoms with Crippen molar-refractivity contribution in [2.75, 3.05) is 30.4 Å². The van der Waals surface area contributed by atoms with Crippen LogP contribution in [0.25, 0.3) is 0 Å². The van der Waals surface area contributed by atoms with Gasteiger partial charge in [0.1, 0.15) is 5.15 Å². The highest BCUT2D eigenvalue weighted by Crippen LogP contribution is 2.29. The summed E-state index contributed by atoms with van der Waals surface area (Å²) in [6, 6.07) is 15.5. The van der Waals surface area contributed by atoms with E-state index < -0.39 is 0 Å². The van der Waals surface area contributed by atoms with Gasteiger partial charge in [0.05, 0.1) is 5.69 Å². The summed E-state index contributed by atoms with van der Waals surface area (Å²) in [6.45, 7) is 7.53. The van der Waals surface area contributed by atoms with Gasteiger partial charge in [-0.05, 0) is 44.4 Å². The normalized spacial score (nSPS) is 16.0. The second kappa shape index (κ2) is 8.74. The number of halogens is 1. The third kappa shape index (κ3) is 4.89. The van der Waals surface area contributed by atoms with Crippen molar-refractivity contribution in [1.82, 2.24) is 9.88 Å². The Labute approximate surface area is 162 Å². The Morgan fingerprint density at radius 1 is 1.15 bits per heavy atom. The molecular weight excluding hydrogens is 344 g/mol. The molecule has 140 valence electrons. The molecule has 0 radical (unpaired) electrons. The second-order valence-electron chi connectivity index (χ2n) is 7.41. The highest BCUT2D eigenvalue weighted by atomic mass is 35.5. The number of piperidine rings is 1. The number of likely N-dealkylation sites (tertiary alicyclic amines) is 1. The molecule has 26 heavy (non-hydrogen) atoms. The zero-order valence-electron chi connectivity index (χ0n) is 16.0. The summed E-state index contributed by atoms with van der Waals surface area (Å²) in [6.07, 6.45) is 2.28. The van der Waals surface area contributed by atoms with Gasteiger partial charge in [-0.15, -0.1) is 0 Å². The fourth-order valence-corrected chi connectivity index (χ4v) is 3.74. The van der Waals surface area contributed by atoms with Crippen LogP contribution < -0.4 is 10.2 Å². The number of aromatic nitrogens is 1. The maximum atomic E-state index is 6.18. The molecule has 2 heterocycles. The van der Waals surface area contributed by atoms with E-state index in [4.69, 9.17) is 11.6 Å². The van der Waals surface area contributed by atoms with E-state index in [-0.39, 0.29) is 0 Å². The van der Waals surface area contributed by atoms with Gasteiger partial charge in [-0.25, -0.2) is 4.98 Å². The van der Waals surface area contributed by atoms with Crippen molar-refractivity contribution >= 4 is 23.1 Å². The maximum absolute atomic E-state index is 6.18. The van der Waals surface area contributed by atoms with E-state index >= 15 is 0 Å². The summed E-state index contributed by atoms with van der Waals surface area (Å²) >= 11 is 6.18. The molecule has 3 rings (SSSR count). The van der Waals surface area contributed by atoms with Gasteiger partial charge < -0.3 is 10.2 Å². The molecule has 0 amide bonds. The Bertz CT molecular complexity index is 696. The Morgan fingerprint density at radius 3 is 2.50 bits per heavy atom. The van der Waals surface area contributed by atoms with Crippen LogP contribution in [0.4, 0.5) is 11.5 Å². The summed E-state index contributed by atoms with van der Waals surface area (Å²) in [4.78, 5) is 9.45. The molecule has 2 aromatic rings. The standard InChI is InChI=1S/C21H29ClN4/c1-16(2)23-19-9-10-20(22)24-21(19)25(3)18-11-13-26(14-12-18)15-17-7-5-4-6-8-17/h4-10,16,18,23H,11-15H2,1-3H3. The molecule has 1 aliphatic heterocycles. The molecule has 0 saturated carbocycles. The summed E-state index contributed by atoms with van der Waals surface area (Å²) < 4.78 is 0. The van der Waals surface area contributed by atoms with Crippen molar-refractivity contribution in [3.05, 3.63) is 53.2 Å². The van der Waals surface area contributed by atoms with E-state index in [1.54, 1.807) is 0 Å². The third-order valence-corrected chi connectivity index (χ3v) is 5.18. The van der Waals surface area contributed by atoms with Gasteiger partial charge in [-0.2, -0.15) is 0 Å². The summed E-state index contributed by atoms with van der Waals surface area (Å²) in [7, 11) is 2.14. The van der Waals surface area contributed by atoms with E-state index in [1.165, 1.54) is 5.56 Å². The van der Waals surface area contributed by atoms with E-state index in [9.17, 15) is 0 Å². The summed E-state index contributed by atoms with van der Waals surface area (Å²) in [5.41, 5.74) is 2.44. The number of benzene rings is 1. The second-order valence-corrected chi connectivity index (χ2v) is 7.80. The zero-order valence-corrected chi connectivity index (χ0v) is 16.7. The lowest BCUT2D eigenvalue weighted by molar-refractivity contribution is 0.203. The number of rotatable bonds is 6. The average Bonchev–Trinajstić information content (AvgIpc) is 2.64. The van der Waals surface area contributed by atoms with Crippen molar-refractivity contribution < 1.29 is 0 Å². The highest BCUT2D eigenvalue weighted by molar-refractivity contribution is 6.29. The van der Waals surface area contributed by atoms with Crippen LogP contribution in [-0.4, -0.2) is 42.1 Å². The number of hydrogen-bond acceptors (Lipinski definition) is 4. The molecule has 1 N–H and O–H groups in total. The van der Waals surface area contributed by atoms with Crippen LogP contribution in [0.15, 0.2) is 42.5 Å². The van der Waals surface area contributed by atoms with Gasteiger partial charge in [0.25, 0.3) is 0 Å². The molecule has 0 atom stereocenters. The topological polar surface area (TPSA) is 31.4 Å². The number of anilines is 2. The van der Waals surface area contributed by atoms with Crippen LogP contribution in [0, 0.1) is 0 Å². The fourth-order valence-electron chi connectivity index (χ4n) is 3.60. The molecule has 4 nitrogen and oxygen atoms in total. The molecule has 0 aliphatic carbocycles. The molecule has 1 aromatic heterocycles. The largest absolute Gasteiger partial charge is 0.380 e. The highest BCUT2D eigenvalue weighted by Gasteiger charge is 2.25. The van der Waals surface area contributed by atoms with Crippen LogP contribution in [0.5, 0.6) is 0 Å². The van der Waals surface area contributed by atoms with Crippen molar-refractivity contribution in [1.29, 1.82) is 0 Å². The SMILES string of the molecule is CC(C)Nc1ccc(Cl)nc1N(C)C1CCN(Cc2ccccc2)CC1. The zero-order chi connectivity index (χ0) is 18.5. The molecule has 0 unspecified atom stereocenters. The Morgan fingerprint density at radius 2 is 1.85 bits per heavy atom. The molecule has 1 saturated heterocycles. The van der Waals surface area contributed by atoms with Crippen molar-refractivity contribution in [3.8, 4) is 0 Å². The molecular formula is C21H29ClN4. The summed E-state index contributed by atoms with van der Waals surface area (Å²) in [5.74, 6) is 0.952. The predicted molar refractivity (Wildman–Crippen MR) is 111 cm³/mol. The van der Waals surface area contributed by atoms with Crippen molar-refractivity contribution in [3.63, 3.8) is 0 Å². The minimum atomic E-state index is 0.359. The minimum absolute atomic E-state index is 0.359.